The van der Waals surface area contributed by atoms with Crippen molar-refractivity contribution in [1.82, 2.24) is 15.2 Å². The van der Waals surface area contributed by atoms with Crippen LogP contribution in [-0.4, -0.2) is 60.7 Å². The Labute approximate surface area is 210 Å². The van der Waals surface area contributed by atoms with Crippen LogP contribution in [0.1, 0.15) is 59.3 Å². The third-order valence-electron chi connectivity index (χ3n) is 7.14. The van der Waals surface area contributed by atoms with Crippen molar-refractivity contribution in [3.8, 4) is 5.75 Å². The SMILES string of the molecule is CCOc1cc2sc(N3CCC(C(=O)NCCCN4[C@@H](C)CCC[C@@H]4C)CC3)nc2cc1Br. The number of piperidine rings is 2. The lowest BCUT2D eigenvalue weighted by atomic mass is 9.96. The maximum Gasteiger partial charge on any atom is 0.223 e. The number of carbonyl (C=O) groups is 1. The largest absolute Gasteiger partial charge is 0.493 e. The first kappa shape index (κ1) is 24.7. The maximum absolute atomic E-state index is 12.7. The molecule has 0 radical (unpaired) electrons. The molecule has 2 atom stereocenters. The molecule has 1 aromatic carbocycles. The summed E-state index contributed by atoms with van der Waals surface area (Å²) in [6, 6.07) is 5.44. The van der Waals surface area contributed by atoms with Crippen LogP contribution in [0.5, 0.6) is 5.75 Å². The van der Waals surface area contributed by atoms with Gasteiger partial charge in [-0.1, -0.05) is 17.8 Å². The number of rotatable bonds is 8. The van der Waals surface area contributed by atoms with E-state index in [4.69, 9.17) is 9.72 Å². The first-order valence-electron chi connectivity index (χ1n) is 12.5. The zero-order valence-corrected chi connectivity index (χ0v) is 22.5. The molecule has 182 valence electrons. The first-order valence-corrected chi connectivity index (χ1v) is 14.1. The Morgan fingerprint density at radius 3 is 2.64 bits per heavy atom. The van der Waals surface area contributed by atoms with E-state index < -0.39 is 0 Å². The molecule has 6 nitrogen and oxygen atoms in total. The van der Waals surface area contributed by atoms with Crippen LogP contribution in [0.4, 0.5) is 5.13 Å². The number of carbonyl (C=O) groups excluding carboxylic acids is 1. The average Bonchev–Trinajstić information content (AvgIpc) is 3.21. The lowest BCUT2D eigenvalue weighted by Gasteiger charge is -2.39. The minimum absolute atomic E-state index is 0.113. The zero-order valence-electron chi connectivity index (χ0n) is 20.1. The highest BCUT2D eigenvalue weighted by Crippen LogP contribution is 2.37. The van der Waals surface area contributed by atoms with E-state index >= 15 is 0 Å². The Morgan fingerprint density at radius 2 is 1.94 bits per heavy atom. The Balaban J connectivity index is 1.23. The predicted octanol–water partition coefficient (Wildman–Crippen LogP) is 5.44. The van der Waals surface area contributed by atoms with Gasteiger partial charge in [0, 0.05) is 50.2 Å². The second kappa shape index (κ2) is 11.4. The van der Waals surface area contributed by atoms with Crippen LogP contribution in [0, 0.1) is 5.92 Å². The Hall–Kier alpha value is -1.38. The van der Waals surface area contributed by atoms with Crippen molar-refractivity contribution >= 4 is 48.5 Å². The van der Waals surface area contributed by atoms with E-state index in [2.05, 4.69) is 51.0 Å². The summed E-state index contributed by atoms with van der Waals surface area (Å²) in [5.74, 6) is 1.20. The lowest BCUT2D eigenvalue weighted by Crippen LogP contribution is -2.45. The number of amides is 1. The van der Waals surface area contributed by atoms with Gasteiger partial charge in [-0.05, 0) is 74.9 Å². The van der Waals surface area contributed by atoms with Gasteiger partial charge in [-0.2, -0.15) is 0 Å². The summed E-state index contributed by atoms with van der Waals surface area (Å²) < 4.78 is 7.77. The van der Waals surface area contributed by atoms with Crippen LogP contribution in [0.15, 0.2) is 16.6 Å². The quantitative estimate of drug-likeness (QED) is 0.455. The van der Waals surface area contributed by atoms with Gasteiger partial charge in [0.1, 0.15) is 5.75 Å². The van der Waals surface area contributed by atoms with Crippen LogP contribution in [0.25, 0.3) is 10.2 Å². The molecule has 0 saturated carbocycles. The number of hydrogen-bond donors (Lipinski definition) is 1. The summed E-state index contributed by atoms with van der Waals surface area (Å²) in [4.78, 5) is 22.5. The third-order valence-corrected chi connectivity index (χ3v) is 8.83. The summed E-state index contributed by atoms with van der Waals surface area (Å²) in [6.45, 7) is 10.9. The van der Waals surface area contributed by atoms with Crippen molar-refractivity contribution in [1.29, 1.82) is 0 Å². The summed E-state index contributed by atoms with van der Waals surface area (Å²) in [7, 11) is 0. The van der Waals surface area contributed by atoms with Gasteiger partial charge in [0.15, 0.2) is 5.13 Å². The summed E-state index contributed by atoms with van der Waals surface area (Å²) in [6.07, 6.45) is 6.75. The lowest BCUT2D eigenvalue weighted by molar-refractivity contribution is -0.125. The molecular weight excluding hydrogens is 500 g/mol. The molecule has 0 aliphatic carbocycles. The molecule has 2 aliphatic heterocycles. The number of aromatic nitrogens is 1. The van der Waals surface area contributed by atoms with E-state index in [0.717, 1.165) is 71.0 Å². The van der Waals surface area contributed by atoms with E-state index in [0.29, 0.717) is 18.7 Å². The van der Waals surface area contributed by atoms with Crippen molar-refractivity contribution in [2.75, 3.05) is 37.7 Å². The molecule has 1 N–H and O–H groups in total. The monoisotopic (exact) mass is 536 g/mol. The molecule has 8 heteroatoms. The molecule has 1 aromatic heterocycles. The van der Waals surface area contributed by atoms with Crippen LogP contribution in [0.2, 0.25) is 0 Å². The van der Waals surface area contributed by atoms with Crippen LogP contribution in [0.3, 0.4) is 0 Å². The van der Waals surface area contributed by atoms with E-state index in [1.807, 2.05) is 13.0 Å². The van der Waals surface area contributed by atoms with Gasteiger partial charge in [-0.15, -0.1) is 0 Å². The highest BCUT2D eigenvalue weighted by Gasteiger charge is 2.27. The highest BCUT2D eigenvalue weighted by atomic mass is 79.9. The number of likely N-dealkylation sites (tertiary alicyclic amines) is 1. The minimum Gasteiger partial charge on any atom is -0.493 e. The van der Waals surface area contributed by atoms with Crippen molar-refractivity contribution < 1.29 is 9.53 Å². The molecule has 1 amide bonds. The average molecular weight is 538 g/mol. The van der Waals surface area contributed by atoms with E-state index in [1.165, 1.54) is 19.3 Å². The van der Waals surface area contributed by atoms with Crippen molar-refractivity contribution in [3.63, 3.8) is 0 Å². The molecular formula is C25H37BrN4O2S. The number of halogens is 1. The molecule has 0 bridgehead atoms. The summed E-state index contributed by atoms with van der Waals surface area (Å²) in [5, 5.41) is 4.24. The molecule has 2 saturated heterocycles. The number of thiazole rings is 1. The zero-order chi connectivity index (χ0) is 23.4. The standard InChI is InChI=1S/C25H37BrN4O2S/c1-4-32-22-16-23-21(15-20(22)26)28-25(33-23)29-13-9-19(10-14-29)24(31)27-11-6-12-30-17(2)7-5-8-18(30)3/h15-19H,4-14H2,1-3H3,(H,27,31)/t17-,18-/m0/s1. The molecule has 33 heavy (non-hydrogen) atoms. The third kappa shape index (κ3) is 6.01. The smallest absolute Gasteiger partial charge is 0.223 e. The van der Waals surface area contributed by atoms with Crippen LogP contribution >= 0.6 is 27.3 Å². The van der Waals surface area contributed by atoms with Gasteiger partial charge in [0.05, 0.1) is 21.3 Å². The summed E-state index contributed by atoms with van der Waals surface area (Å²) in [5.41, 5.74) is 0.988. The van der Waals surface area contributed by atoms with Gasteiger partial charge in [0.25, 0.3) is 0 Å². The number of fused-ring (bicyclic) bond motifs is 1. The number of nitrogens with one attached hydrogen (secondary N) is 1. The van der Waals surface area contributed by atoms with Crippen molar-refractivity contribution in [3.05, 3.63) is 16.6 Å². The fourth-order valence-electron chi connectivity index (χ4n) is 5.18. The second-order valence-electron chi connectivity index (χ2n) is 9.45. The van der Waals surface area contributed by atoms with E-state index in [1.54, 1.807) is 11.3 Å². The van der Waals surface area contributed by atoms with Gasteiger partial charge >= 0.3 is 0 Å². The second-order valence-corrected chi connectivity index (χ2v) is 11.3. The number of anilines is 1. The van der Waals surface area contributed by atoms with Gasteiger partial charge in [-0.25, -0.2) is 4.98 Å². The van der Waals surface area contributed by atoms with Crippen molar-refractivity contribution in [2.24, 2.45) is 5.92 Å². The number of benzene rings is 1. The van der Waals surface area contributed by atoms with Crippen molar-refractivity contribution in [2.45, 2.75) is 71.4 Å². The molecule has 2 aromatic rings. The molecule has 2 aliphatic rings. The Kier molecular flexibility index (Phi) is 8.52. The van der Waals surface area contributed by atoms with E-state index in [9.17, 15) is 4.79 Å². The predicted molar refractivity (Wildman–Crippen MR) is 141 cm³/mol. The molecule has 3 heterocycles. The Bertz CT molecular complexity index is 934. The molecule has 2 fully saturated rings. The first-order chi connectivity index (χ1) is 16.0. The fraction of sp³-hybridized carbons (Fsp3) is 0.680. The topological polar surface area (TPSA) is 57.7 Å². The fourth-order valence-corrected chi connectivity index (χ4v) is 6.66. The number of ether oxygens (including phenoxy) is 1. The van der Waals surface area contributed by atoms with Gasteiger partial charge in [-0.3, -0.25) is 9.69 Å². The van der Waals surface area contributed by atoms with Crippen LogP contribution < -0.4 is 15.0 Å². The van der Waals surface area contributed by atoms with E-state index in [-0.39, 0.29) is 11.8 Å². The number of nitrogens with zero attached hydrogens (tertiary/aromatic N) is 3. The van der Waals surface area contributed by atoms with Gasteiger partial charge < -0.3 is 15.0 Å². The minimum atomic E-state index is 0.113. The highest BCUT2D eigenvalue weighted by molar-refractivity contribution is 9.10. The number of hydrogen-bond acceptors (Lipinski definition) is 6. The normalized spacial score (nSPS) is 22.6. The Morgan fingerprint density at radius 1 is 1.21 bits per heavy atom. The maximum atomic E-state index is 12.7. The molecule has 4 rings (SSSR count). The molecule has 0 unspecified atom stereocenters. The summed E-state index contributed by atoms with van der Waals surface area (Å²) >= 11 is 5.28. The molecule has 0 spiro atoms. The van der Waals surface area contributed by atoms with Crippen LogP contribution in [-0.2, 0) is 4.79 Å². The van der Waals surface area contributed by atoms with Gasteiger partial charge in [0.2, 0.25) is 5.91 Å².